The predicted octanol–water partition coefficient (Wildman–Crippen LogP) is 0.872. The van der Waals surface area contributed by atoms with Gasteiger partial charge in [0, 0.05) is 0 Å². The third-order valence-corrected chi connectivity index (χ3v) is 5.02. The molecular formula is C11H12N2O4S2. The highest BCUT2D eigenvalue weighted by Gasteiger charge is 2.22. The summed E-state index contributed by atoms with van der Waals surface area (Å²) in [6.45, 7) is 1.41. The Morgan fingerprint density at radius 2 is 2.16 bits per heavy atom. The van der Waals surface area contributed by atoms with Gasteiger partial charge in [-0.3, -0.25) is 4.79 Å². The fourth-order valence-corrected chi connectivity index (χ4v) is 3.69. The second kappa shape index (κ2) is 5.24. The summed E-state index contributed by atoms with van der Waals surface area (Å²) < 4.78 is 26.3. The standard InChI is InChI=1S/C11H12N2O4S2/c1-7(14)6-10(15)13-19(16,17)11-12-8-4-2-3-5-9(8)18-11/h2-5,7,14H,6H2,1H3,(H,13,15)/t7-/m1/s1. The van der Waals surface area contributed by atoms with Crippen LogP contribution in [0.1, 0.15) is 13.3 Å². The highest BCUT2D eigenvalue weighted by Crippen LogP contribution is 2.24. The van der Waals surface area contributed by atoms with Gasteiger partial charge in [-0.05, 0) is 19.1 Å². The molecule has 1 heterocycles. The van der Waals surface area contributed by atoms with Crippen LogP contribution in [0.15, 0.2) is 28.6 Å². The van der Waals surface area contributed by atoms with E-state index >= 15 is 0 Å². The van der Waals surface area contributed by atoms with E-state index in [0.29, 0.717) is 5.52 Å². The lowest BCUT2D eigenvalue weighted by atomic mass is 10.3. The number of aliphatic hydroxyl groups is 1. The summed E-state index contributed by atoms with van der Waals surface area (Å²) in [5.41, 5.74) is 0.566. The SMILES string of the molecule is C[C@@H](O)CC(=O)NS(=O)(=O)c1nc2ccccc2s1. The summed E-state index contributed by atoms with van der Waals surface area (Å²) in [6.07, 6.45) is -1.17. The Morgan fingerprint density at radius 1 is 1.47 bits per heavy atom. The second-order valence-corrected chi connectivity index (χ2v) is 6.92. The highest BCUT2D eigenvalue weighted by atomic mass is 32.2. The normalized spacial score (nSPS) is 13.4. The Hall–Kier alpha value is -1.51. The fourth-order valence-electron chi connectivity index (χ4n) is 1.47. The van der Waals surface area contributed by atoms with Crippen LogP contribution >= 0.6 is 11.3 Å². The van der Waals surface area contributed by atoms with Crippen molar-refractivity contribution >= 4 is 37.5 Å². The van der Waals surface area contributed by atoms with Gasteiger partial charge in [0.25, 0.3) is 10.0 Å². The lowest BCUT2D eigenvalue weighted by Crippen LogP contribution is -2.32. The topological polar surface area (TPSA) is 96.4 Å². The molecule has 0 aliphatic rings. The van der Waals surface area contributed by atoms with E-state index < -0.39 is 22.0 Å². The fraction of sp³-hybridized carbons (Fsp3) is 0.273. The number of carbonyl (C=O) groups excluding carboxylic acids is 1. The molecule has 2 N–H and O–H groups in total. The number of fused-ring (bicyclic) bond motifs is 1. The van der Waals surface area contributed by atoms with E-state index in [9.17, 15) is 13.2 Å². The van der Waals surface area contributed by atoms with Gasteiger partial charge in [0.05, 0.1) is 22.7 Å². The first kappa shape index (κ1) is 13.9. The van der Waals surface area contributed by atoms with Crippen molar-refractivity contribution in [1.82, 2.24) is 9.71 Å². The summed E-state index contributed by atoms with van der Waals surface area (Å²) >= 11 is 0.989. The number of amides is 1. The monoisotopic (exact) mass is 300 g/mol. The first-order chi connectivity index (χ1) is 8.88. The molecule has 0 saturated carbocycles. The molecule has 6 nitrogen and oxygen atoms in total. The van der Waals surface area contributed by atoms with Crippen molar-refractivity contribution in [1.29, 1.82) is 0 Å². The van der Waals surface area contributed by atoms with Gasteiger partial charge in [0.15, 0.2) is 0 Å². The Bertz CT molecular complexity index is 673. The van der Waals surface area contributed by atoms with Gasteiger partial charge in [0.2, 0.25) is 10.2 Å². The summed E-state index contributed by atoms with van der Waals surface area (Å²) in [5.74, 6) is -0.755. The van der Waals surface area contributed by atoms with Crippen molar-refractivity contribution in [2.24, 2.45) is 0 Å². The molecule has 8 heteroatoms. The molecule has 19 heavy (non-hydrogen) atoms. The molecule has 1 aromatic carbocycles. The number of nitrogens with zero attached hydrogens (tertiary/aromatic N) is 1. The number of hydrogen-bond acceptors (Lipinski definition) is 6. The highest BCUT2D eigenvalue weighted by molar-refractivity contribution is 7.92. The summed E-state index contributed by atoms with van der Waals surface area (Å²) in [6, 6.07) is 6.99. The van der Waals surface area contributed by atoms with Crippen LogP contribution in [0.3, 0.4) is 0 Å². The van der Waals surface area contributed by atoms with Crippen LogP contribution in [0, 0.1) is 0 Å². The summed E-state index contributed by atoms with van der Waals surface area (Å²) in [7, 11) is -3.97. The first-order valence-electron chi connectivity index (χ1n) is 5.48. The third-order valence-electron chi connectivity index (χ3n) is 2.23. The lowest BCUT2D eigenvalue weighted by Gasteiger charge is -2.05. The van der Waals surface area contributed by atoms with E-state index in [0.717, 1.165) is 16.0 Å². The van der Waals surface area contributed by atoms with Crippen LogP contribution < -0.4 is 4.72 Å². The number of benzene rings is 1. The Balaban J connectivity index is 2.26. The largest absolute Gasteiger partial charge is 0.393 e. The van der Waals surface area contributed by atoms with Crippen LogP contribution in [-0.4, -0.2) is 30.5 Å². The smallest absolute Gasteiger partial charge is 0.291 e. The summed E-state index contributed by atoms with van der Waals surface area (Å²) in [4.78, 5) is 15.4. The van der Waals surface area contributed by atoms with Crippen LogP contribution in [-0.2, 0) is 14.8 Å². The number of hydrogen-bond donors (Lipinski definition) is 2. The van der Waals surface area contributed by atoms with Gasteiger partial charge in [-0.1, -0.05) is 12.1 Å². The number of thiazole rings is 1. The Kier molecular flexibility index (Phi) is 3.83. The average molecular weight is 300 g/mol. The third kappa shape index (κ3) is 3.28. The second-order valence-electron chi connectivity index (χ2n) is 4.03. The number of aromatic nitrogens is 1. The molecule has 1 aromatic heterocycles. The minimum atomic E-state index is -3.97. The summed E-state index contributed by atoms with van der Waals surface area (Å²) in [5, 5.41) is 9.04. The zero-order valence-corrected chi connectivity index (χ0v) is 11.7. The molecule has 0 aliphatic heterocycles. The van der Waals surface area contributed by atoms with Gasteiger partial charge >= 0.3 is 0 Å². The molecule has 0 bridgehead atoms. The van der Waals surface area contributed by atoms with Gasteiger partial charge in [-0.15, -0.1) is 11.3 Å². The van der Waals surface area contributed by atoms with Crippen molar-refractivity contribution in [2.75, 3.05) is 0 Å². The van der Waals surface area contributed by atoms with Gasteiger partial charge < -0.3 is 5.11 Å². The van der Waals surface area contributed by atoms with Gasteiger partial charge in [-0.25, -0.2) is 9.71 Å². The molecule has 2 rings (SSSR count). The molecule has 1 amide bonds. The molecule has 0 saturated heterocycles. The van der Waals surface area contributed by atoms with E-state index in [4.69, 9.17) is 5.11 Å². The molecular weight excluding hydrogens is 288 g/mol. The van der Waals surface area contributed by atoms with Crippen LogP contribution in [0.5, 0.6) is 0 Å². The average Bonchev–Trinajstić information content (AvgIpc) is 2.71. The minimum Gasteiger partial charge on any atom is -0.393 e. The van der Waals surface area contributed by atoms with Crippen LogP contribution in [0.2, 0.25) is 0 Å². The van der Waals surface area contributed by atoms with E-state index in [1.165, 1.54) is 6.92 Å². The van der Waals surface area contributed by atoms with E-state index in [-0.39, 0.29) is 10.8 Å². The number of rotatable bonds is 4. The predicted molar refractivity (Wildman–Crippen MR) is 71.2 cm³/mol. The number of sulfonamides is 1. The van der Waals surface area contributed by atoms with Crippen LogP contribution in [0.25, 0.3) is 10.2 Å². The maximum atomic E-state index is 11.9. The molecule has 0 radical (unpaired) electrons. The quantitative estimate of drug-likeness (QED) is 0.873. The molecule has 0 unspecified atom stereocenters. The maximum absolute atomic E-state index is 11.9. The van der Waals surface area contributed by atoms with Crippen molar-refractivity contribution in [3.63, 3.8) is 0 Å². The van der Waals surface area contributed by atoms with E-state index in [1.54, 1.807) is 24.3 Å². The van der Waals surface area contributed by atoms with Crippen molar-refractivity contribution in [3.05, 3.63) is 24.3 Å². The molecule has 102 valence electrons. The molecule has 0 aliphatic carbocycles. The van der Waals surface area contributed by atoms with Crippen molar-refractivity contribution in [2.45, 2.75) is 23.8 Å². The zero-order chi connectivity index (χ0) is 14.0. The zero-order valence-electron chi connectivity index (χ0n) is 10.0. The van der Waals surface area contributed by atoms with E-state index in [2.05, 4.69) is 4.98 Å². The molecule has 0 fully saturated rings. The number of nitrogens with one attached hydrogen (secondary N) is 1. The van der Waals surface area contributed by atoms with Crippen molar-refractivity contribution < 1.29 is 18.3 Å². The van der Waals surface area contributed by atoms with E-state index in [1.807, 2.05) is 4.72 Å². The molecule has 0 spiro atoms. The lowest BCUT2D eigenvalue weighted by molar-refractivity contribution is -0.120. The minimum absolute atomic E-state index is 0.160. The van der Waals surface area contributed by atoms with Crippen LogP contribution in [0.4, 0.5) is 0 Å². The number of carbonyl (C=O) groups is 1. The van der Waals surface area contributed by atoms with Gasteiger partial charge in [-0.2, -0.15) is 8.42 Å². The number of para-hydroxylation sites is 1. The van der Waals surface area contributed by atoms with Crippen molar-refractivity contribution in [3.8, 4) is 0 Å². The Morgan fingerprint density at radius 3 is 2.79 bits per heavy atom. The maximum Gasteiger partial charge on any atom is 0.291 e. The first-order valence-corrected chi connectivity index (χ1v) is 7.78. The Labute approximate surface area is 114 Å². The molecule has 2 aromatic rings. The molecule has 1 atom stereocenters. The number of aliphatic hydroxyl groups excluding tert-OH is 1. The van der Waals surface area contributed by atoms with Gasteiger partial charge in [0.1, 0.15) is 0 Å².